The first-order valence-electron chi connectivity index (χ1n) is 4.02. The normalized spacial score (nSPS) is 10.4. The van der Waals surface area contributed by atoms with Crippen LogP contribution < -0.4 is 0 Å². The zero-order valence-electron chi connectivity index (χ0n) is 7.19. The van der Waals surface area contributed by atoms with Crippen LogP contribution >= 0.6 is 11.6 Å². The molecule has 3 nitrogen and oxygen atoms in total. The molecule has 0 aliphatic carbocycles. The van der Waals surface area contributed by atoms with Gasteiger partial charge >= 0.3 is 0 Å². The van der Waals surface area contributed by atoms with Crippen molar-refractivity contribution in [3.8, 4) is 0 Å². The lowest BCUT2D eigenvalue weighted by Crippen LogP contribution is -2.02. The maximum absolute atomic E-state index is 13.2. The Morgan fingerprint density at radius 3 is 3.00 bits per heavy atom. The minimum atomic E-state index is -0.287. The molecule has 0 unspecified atom stereocenters. The fourth-order valence-electron chi connectivity index (χ4n) is 1.15. The Balaban J connectivity index is 2.28. The molecule has 0 spiro atoms. The van der Waals surface area contributed by atoms with Crippen LogP contribution in [0, 0.1) is 5.82 Å². The molecule has 0 saturated heterocycles. The molecule has 14 heavy (non-hydrogen) atoms. The molecule has 1 heterocycles. The number of hydrogen-bond donors (Lipinski definition) is 0. The van der Waals surface area contributed by atoms with E-state index in [1.165, 1.54) is 29.5 Å². The summed E-state index contributed by atoms with van der Waals surface area (Å²) in [7, 11) is 0. The van der Waals surface area contributed by atoms with Crippen LogP contribution in [0.5, 0.6) is 0 Å². The summed E-state index contributed by atoms with van der Waals surface area (Å²) in [6, 6.07) is 4.44. The van der Waals surface area contributed by atoms with Crippen molar-refractivity contribution in [2.45, 2.75) is 6.54 Å². The van der Waals surface area contributed by atoms with Gasteiger partial charge in [-0.1, -0.05) is 11.6 Å². The standard InChI is InChI=1S/C9H7ClFN3/c10-8-1-2-9(11)7(3-8)4-14-6-12-5-13-14/h1-3,5-6H,4H2. The van der Waals surface area contributed by atoms with E-state index in [-0.39, 0.29) is 5.82 Å². The molecule has 72 valence electrons. The Kier molecular flexibility index (Phi) is 2.45. The second-order valence-electron chi connectivity index (χ2n) is 2.83. The average molecular weight is 212 g/mol. The third-order valence-corrected chi connectivity index (χ3v) is 2.04. The van der Waals surface area contributed by atoms with Crippen LogP contribution in [0.25, 0.3) is 0 Å². The van der Waals surface area contributed by atoms with Crippen LogP contribution in [0.2, 0.25) is 5.02 Å². The zero-order chi connectivity index (χ0) is 9.97. The Morgan fingerprint density at radius 1 is 1.43 bits per heavy atom. The van der Waals surface area contributed by atoms with Crippen LogP contribution in [0.4, 0.5) is 4.39 Å². The Hall–Kier alpha value is -1.42. The lowest BCUT2D eigenvalue weighted by molar-refractivity contribution is 0.585. The molecular weight excluding hydrogens is 205 g/mol. The maximum Gasteiger partial charge on any atom is 0.137 e. The van der Waals surface area contributed by atoms with E-state index in [0.29, 0.717) is 17.1 Å². The first-order chi connectivity index (χ1) is 6.75. The van der Waals surface area contributed by atoms with Crippen molar-refractivity contribution in [1.29, 1.82) is 0 Å². The first kappa shape index (κ1) is 9.15. The molecule has 5 heteroatoms. The van der Waals surface area contributed by atoms with Gasteiger partial charge in [-0.25, -0.2) is 14.1 Å². The predicted molar refractivity (Wildman–Crippen MR) is 50.5 cm³/mol. The van der Waals surface area contributed by atoms with Gasteiger partial charge in [-0.15, -0.1) is 0 Å². The second kappa shape index (κ2) is 3.75. The smallest absolute Gasteiger partial charge is 0.137 e. The van der Waals surface area contributed by atoms with Crippen molar-refractivity contribution in [2.75, 3.05) is 0 Å². The summed E-state index contributed by atoms with van der Waals surface area (Å²) < 4.78 is 14.8. The van der Waals surface area contributed by atoms with Crippen molar-refractivity contribution in [3.63, 3.8) is 0 Å². The highest BCUT2D eigenvalue weighted by molar-refractivity contribution is 6.30. The molecule has 0 saturated carbocycles. The van der Waals surface area contributed by atoms with Gasteiger partial charge in [0.25, 0.3) is 0 Å². The molecule has 1 aromatic heterocycles. The van der Waals surface area contributed by atoms with Crippen molar-refractivity contribution >= 4 is 11.6 Å². The Labute approximate surface area is 85.1 Å². The van der Waals surface area contributed by atoms with E-state index in [2.05, 4.69) is 10.1 Å². The molecule has 0 bridgehead atoms. The van der Waals surface area contributed by atoms with Crippen LogP contribution in [0.1, 0.15) is 5.56 Å². The minimum absolute atomic E-state index is 0.287. The molecule has 0 N–H and O–H groups in total. The molecule has 0 fully saturated rings. The monoisotopic (exact) mass is 211 g/mol. The third-order valence-electron chi connectivity index (χ3n) is 1.81. The van der Waals surface area contributed by atoms with Gasteiger partial charge in [0.2, 0.25) is 0 Å². The van der Waals surface area contributed by atoms with Gasteiger partial charge in [-0.05, 0) is 18.2 Å². The van der Waals surface area contributed by atoms with E-state index in [0.717, 1.165) is 0 Å². The van der Waals surface area contributed by atoms with E-state index in [9.17, 15) is 4.39 Å². The van der Waals surface area contributed by atoms with Crippen molar-refractivity contribution < 1.29 is 4.39 Å². The van der Waals surface area contributed by atoms with Gasteiger partial charge in [0.05, 0.1) is 6.54 Å². The summed E-state index contributed by atoms with van der Waals surface area (Å²) in [6.07, 6.45) is 2.93. The van der Waals surface area contributed by atoms with Crippen molar-refractivity contribution in [1.82, 2.24) is 14.8 Å². The fourth-order valence-corrected chi connectivity index (χ4v) is 1.35. The SMILES string of the molecule is Fc1ccc(Cl)cc1Cn1cncn1. The Morgan fingerprint density at radius 2 is 2.29 bits per heavy atom. The highest BCUT2D eigenvalue weighted by atomic mass is 35.5. The van der Waals surface area contributed by atoms with Gasteiger partial charge in [-0.3, -0.25) is 0 Å². The summed E-state index contributed by atoms with van der Waals surface area (Å²) in [5, 5.41) is 4.39. The molecule has 0 amide bonds. The quantitative estimate of drug-likeness (QED) is 0.762. The van der Waals surface area contributed by atoms with Gasteiger partial charge in [0.1, 0.15) is 18.5 Å². The molecule has 2 aromatic rings. The molecule has 0 atom stereocenters. The number of nitrogens with zero attached hydrogens (tertiary/aromatic N) is 3. The van der Waals surface area contributed by atoms with E-state index >= 15 is 0 Å². The number of hydrogen-bond acceptors (Lipinski definition) is 2. The largest absolute Gasteiger partial charge is 0.248 e. The number of halogens is 2. The first-order valence-corrected chi connectivity index (χ1v) is 4.40. The highest BCUT2D eigenvalue weighted by Crippen LogP contribution is 2.15. The topological polar surface area (TPSA) is 30.7 Å². The predicted octanol–water partition coefficient (Wildman–Crippen LogP) is 2.12. The fraction of sp³-hybridized carbons (Fsp3) is 0.111. The van der Waals surface area contributed by atoms with Gasteiger partial charge < -0.3 is 0 Å². The molecule has 1 aromatic carbocycles. The summed E-state index contributed by atoms with van der Waals surface area (Å²) in [5.74, 6) is -0.287. The molecule has 0 aliphatic rings. The lowest BCUT2D eigenvalue weighted by atomic mass is 10.2. The zero-order valence-corrected chi connectivity index (χ0v) is 7.95. The molecular formula is C9H7ClFN3. The molecule has 2 rings (SSSR count). The van der Waals surface area contributed by atoms with Crippen LogP contribution in [0.15, 0.2) is 30.9 Å². The van der Waals surface area contributed by atoms with Crippen LogP contribution in [-0.4, -0.2) is 14.8 Å². The summed E-state index contributed by atoms with van der Waals surface area (Å²) in [4.78, 5) is 3.77. The third kappa shape index (κ3) is 1.90. The van der Waals surface area contributed by atoms with Crippen LogP contribution in [-0.2, 0) is 6.54 Å². The van der Waals surface area contributed by atoms with Gasteiger partial charge in [-0.2, -0.15) is 5.10 Å². The summed E-state index contributed by atoms with van der Waals surface area (Å²) in [5.41, 5.74) is 0.503. The molecule has 0 radical (unpaired) electrons. The van der Waals surface area contributed by atoms with E-state index in [1.54, 1.807) is 6.07 Å². The number of benzene rings is 1. The van der Waals surface area contributed by atoms with Crippen molar-refractivity contribution in [3.05, 3.63) is 47.3 Å². The summed E-state index contributed by atoms with van der Waals surface area (Å²) in [6.45, 7) is 0.340. The van der Waals surface area contributed by atoms with Crippen LogP contribution in [0.3, 0.4) is 0 Å². The van der Waals surface area contributed by atoms with Gasteiger partial charge in [0.15, 0.2) is 0 Å². The number of aromatic nitrogens is 3. The highest BCUT2D eigenvalue weighted by Gasteiger charge is 2.03. The van der Waals surface area contributed by atoms with Crippen molar-refractivity contribution in [2.24, 2.45) is 0 Å². The average Bonchev–Trinajstić information content (AvgIpc) is 2.64. The second-order valence-corrected chi connectivity index (χ2v) is 3.27. The Bertz CT molecular complexity index is 428. The lowest BCUT2D eigenvalue weighted by Gasteiger charge is -2.02. The van der Waals surface area contributed by atoms with E-state index in [1.807, 2.05) is 0 Å². The maximum atomic E-state index is 13.2. The van der Waals surface area contributed by atoms with E-state index in [4.69, 9.17) is 11.6 Å². The number of rotatable bonds is 2. The minimum Gasteiger partial charge on any atom is -0.248 e. The van der Waals surface area contributed by atoms with Gasteiger partial charge in [0, 0.05) is 10.6 Å². The summed E-state index contributed by atoms with van der Waals surface area (Å²) >= 11 is 5.75. The molecule has 0 aliphatic heterocycles. The van der Waals surface area contributed by atoms with E-state index < -0.39 is 0 Å².